The standard InChI is InChI=1S/C15H20O3S/c1-13-9-11-15(12-10-13)19(16,17)18-14-7-5-3-2-4-6-8-14/h7,9-12H,2-6,8H2,1H3/b14-7+. The molecule has 19 heavy (non-hydrogen) atoms. The monoisotopic (exact) mass is 280 g/mol. The molecule has 0 saturated heterocycles. The minimum absolute atomic E-state index is 0.223. The summed E-state index contributed by atoms with van der Waals surface area (Å²) in [5.74, 6) is 0.597. The molecule has 0 fully saturated rings. The third-order valence-electron chi connectivity index (χ3n) is 3.28. The molecule has 1 aliphatic rings. The van der Waals surface area contributed by atoms with Gasteiger partial charge in [-0.15, -0.1) is 0 Å². The Kier molecular flexibility index (Phi) is 4.64. The predicted molar refractivity (Wildman–Crippen MR) is 75.2 cm³/mol. The van der Waals surface area contributed by atoms with Crippen LogP contribution in [0.15, 0.2) is 41.0 Å². The van der Waals surface area contributed by atoms with E-state index in [-0.39, 0.29) is 4.90 Å². The van der Waals surface area contributed by atoms with Crippen LogP contribution in [0.1, 0.15) is 44.1 Å². The number of hydrogen-bond donors (Lipinski definition) is 0. The number of rotatable bonds is 3. The molecule has 0 aliphatic heterocycles. The zero-order chi connectivity index (χ0) is 13.7. The zero-order valence-electron chi connectivity index (χ0n) is 11.3. The van der Waals surface area contributed by atoms with Gasteiger partial charge in [0, 0.05) is 6.42 Å². The molecule has 1 aromatic rings. The molecule has 1 aromatic carbocycles. The molecule has 0 aromatic heterocycles. The number of benzene rings is 1. The van der Waals surface area contributed by atoms with Crippen molar-refractivity contribution in [2.24, 2.45) is 0 Å². The highest BCUT2D eigenvalue weighted by Gasteiger charge is 2.18. The zero-order valence-corrected chi connectivity index (χ0v) is 12.1. The van der Waals surface area contributed by atoms with Crippen LogP contribution in [0, 0.1) is 6.92 Å². The second kappa shape index (κ2) is 6.24. The van der Waals surface area contributed by atoms with Crippen LogP contribution in [0.25, 0.3) is 0 Å². The Morgan fingerprint density at radius 2 is 1.68 bits per heavy atom. The van der Waals surface area contributed by atoms with Crippen molar-refractivity contribution in [3.05, 3.63) is 41.7 Å². The fourth-order valence-corrected chi connectivity index (χ4v) is 3.13. The van der Waals surface area contributed by atoms with Crippen molar-refractivity contribution in [2.45, 2.75) is 50.3 Å². The number of hydrogen-bond acceptors (Lipinski definition) is 3. The Morgan fingerprint density at radius 3 is 2.42 bits per heavy atom. The highest BCUT2D eigenvalue weighted by molar-refractivity contribution is 7.86. The summed E-state index contributed by atoms with van der Waals surface area (Å²) >= 11 is 0. The summed E-state index contributed by atoms with van der Waals surface area (Å²) in [6.45, 7) is 1.93. The Morgan fingerprint density at radius 1 is 1.00 bits per heavy atom. The van der Waals surface area contributed by atoms with Crippen LogP contribution >= 0.6 is 0 Å². The van der Waals surface area contributed by atoms with Crippen LogP contribution in [0.4, 0.5) is 0 Å². The van der Waals surface area contributed by atoms with Gasteiger partial charge in [-0.05, 0) is 44.4 Å². The first-order chi connectivity index (χ1) is 9.08. The van der Waals surface area contributed by atoms with Crippen LogP contribution in [0.5, 0.6) is 0 Å². The Labute approximate surface area is 115 Å². The van der Waals surface area contributed by atoms with Gasteiger partial charge in [0.15, 0.2) is 0 Å². The predicted octanol–water partition coefficient (Wildman–Crippen LogP) is 3.94. The molecule has 0 bridgehead atoms. The van der Waals surface area contributed by atoms with Crippen LogP contribution < -0.4 is 0 Å². The third kappa shape index (κ3) is 4.10. The van der Waals surface area contributed by atoms with E-state index >= 15 is 0 Å². The van der Waals surface area contributed by atoms with E-state index in [2.05, 4.69) is 0 Å². The van der Waals surface area contributed by atoms with Gasteiger partial charge in [-0.2, -0.15) is 8.42 Å². The fourth-order valence-electron chi connectivity index (χ4n) is 2.13. The SMILES string of the molecule is Cc1ccc(S(=O)(=O)O/C2=C/CCCCCC2)cc1. The number of aryl methyl sites for hydroxylation is 1. The minimum Gasteiger partial charge on any atom is -0.384 e. The smallest absolute Gasteiger partial charge is 0.338 e. The van der Waals surface area contributed by atoms with E-state index in [9.17, 15) is 8.42 Å². The van der Waals surface area contributed by atoms with Crippen LogP contribution in [0.2, 0.25) is 0 Å². The molecule has 0 amide bonds. The third-order valence-corrected chi connectivity index (χ3v) is 4.56. The normalized spacial score (nSPS) is 19.9. The van der Waals surface area contributed by atoms with Gasteiger partial charge in [0.2, 0.25) is 0 Å². The van der Waals surface area contributed by atoms with Crippen molar-refractivity contribution in [1.29, 1.82) is 0 Å². The lowest BCUT2D eigenvalue weighted by Gasteiger charge is -2.13. The molecule has 0 saturated carbocycles. The Hall–Kier alpha value is -1.29. The van der Waals surface area contributed by atoms with Crippen molar-refractivity contribution >= 4 is 10.1 Å². The molecule has 2 rings (SSSR count). The first-order valence-corrected chi connectivity index (χ1v) is 8.19. The average Bonchev–Trinajstić information content (AvgIpc) is 2.33. The molecule has 104 valence electrons. The molecule has 3 nitrogen and oxygen atoms in total. The summed E-state index contributed by atoms with van der Waals surface area (Å²) in [5, 5.41) is 0. The Bertz CT molecular complexity index is 541. The van der Waals surface area contributed by atoms with Gasteiger partial charge < -0.3 is 4.18 Å². The van der Waals surface area contributed by atoms with Gasteiger partial charge in [-0.1, -0.05) is 30.5 Å². The topological polar surface area (TPSA) is 43.4 Å². The van der Waals surface area contributed by atoms with Crippen molar-refractivity contribution < 1.29 is 12.6 Å². The number of allylic oxidation sites excluding steroid dienone is 2. The average molecular weight is 280 g/mol. The molecule has 4 heteroatoms. The Balaban J connectivity index is 2.13. The lowest BCUT2D eigenvalue weighted by Crippen LogP contribution is -2.07. The maximum Gasteiger partial charge on any atom is 0.338 e. The summed E-state index contributed by atoms with van der Waals surface area (Å²) < 4.78 is 29.6. The summed E-state index contributed by atoms with van der Waals surface area (Å²) in [4.78, 5) is 0.223. The van der Waals surface area contributed by atoms with Crippen LogP contribution in [-0.2, 0) is 14.3 Å². The second-order valence-corrected chi connectivity index (χ2v) is 6.52. The van der Waals surface area contributed by atoms with E-state index in [1.54, 1.807) is 24.3 Å². The molecule has 0 spiro atoms. The molecule has 0 N–H and O–H groups in total. The highest BCUT2D eigenvalue weighted by atomic mass is 32.2. The van der Waals surface area contributed by atoms with Crippen molar-refractivity contribution in [2.75, 3.05) is 0 Å². The summed E-state index contributed by atoms with van der Waals surface area (Å²) in [6, 6.07) is 6.74. The molecular formula is C15H20O3S. The van der Waals surface area contributed by atoms with Gasteiger partial charge in [0.1, 0.15) is 10.7 Å². The largest absolute Gasteiger partial charge is 0.384 e. The van der Waals surface area contributed by atoms with Crippen molar-refractivity contribution in [1.82, 2.24) is 0 Å². The lowest BCUT2D eigenvalue weighted by atomic mass is 10.1. The van der Waals surface area contributed by atoms with E-state index in [4.69, 9.17) is 4.18 Å². The van der Waals surface area contributed by atoms with Gasteiger partial charge in [0.25, 0.3) is 0 Å². The van der Waals surface area contributed by atoms with Crippen molar-refractivity contribution in [3.8, 4) is 0 Å². The minimum atomic E-state index is -3.67. The van der Waals surface area contributed by atoms with Crippen LogP contribution in [0.3, 0.4) is 0 Å². The summed E-state index contributed by atoms with van der Waals surface area (Å²) in [5.41, 5.74) is 1.03. The fraction of sp³-hybridized carbons (Fsp3) is 0.467. The quantitative estimate of drug-likeness (QED) is 0.788. The maximum absolute atomic E-state index is 12.1. The molecule has 1 aliphatic carbocycles. The van der Waals surface area contributed by atoms with Crippen LogP contribution in [-0.4, -0.2) is 8.42 Å². The summed E-state index contributed by atoms with van der Waals surface area (Å²) in [6.07, 6.45) is 8.00. The van der Waals surface area contributed by atoms with E-state index in [1.807, 2.05) is 13.0 Å². The highest BCUT2D eigenvalue weighted by Crippen LogP contribution is 2.23. The molecule has 0 heterocycles. The van der Waals surface area contributed by atoms with Crippen molar-refractivity contribution in [3.63, 3.8) is 0 Å². The van der Waals surface area contributed by atoms with Gasteiger partial charge in [-0.25, -0.2) is 0 Å². The lowest BCUT2D eigenvalue weighted by molar-refractivity contribution is 0.378. The molecule has 0 radical (unpaired) electrons. The first-order valence-electron chi connectivity index (χ1n) is 6.78. The molecular weight excluding hydrogens is 260 g/mol. The van der Waals surface area contributed by atoms with E-state index < -0.39 is 10.1 Å². The molecule has 0 atom stereocenters. The van der Waals surface area contributed by atoms with Gasteiger partial charge >= 0.3 is 10.1 Å². The molecule has 0 unspecified atom stereocenters. The second-order valence-electron chi connectivity index (χ2n) is 4.97. The summed E-state index contributed by atoms with van der Waals surface area (Å²) in [7, 11) is -3.67. The van der Waals surface area contributed by atoms with E-state index in [1.165, 1.54) is 6.42 Å². The van der Waals surface area contributed by atoms with E-state index in [0.717, 1.165) is 31.2 Å². The maximum atomic E-state index is 12.1. The van der Waals surface area contributed by atoms with Gasteiger partial charge in [-0.3, -0.25) is 0 Å². The first kappa shape index (κ1) is 14.1. The van der Waals surface area contributed by atoms with E-state index in [0.29, 0.717) is 12.2 Å². The van der Waals surface area contributed by atoms with Gasteiger partial charge in [0.05, 0.1) is 0 Å².